The number of rotatable bonds is 8. The van der Waals surface area contributed by atoms with E-state index in [4.69, 9.17) is 14.2 Å². The zero-order valence-corrected chi connectivity index (χ0v) is 17.4. The molecule has 156 valence electrons. The average Bonchev–Trinajstić information content (AvgIpc) is 3.25. The van der Waals surface area contributed by atoms with Crippen molar-refractivity contribution in [2.24, 2.45) is 0 Å². The van der Waals surface area contributed by atoms with Crippen LogP contribution in [0.5, 0.6) is 11.5 Å². The first kappa shape index (κ1) is 21.0. The summed E-state index contributed by atoms with van der Waals surface area (Å²) in [6.45, 7) is 4.40. The molecule has 0 bridgehead atoms. The maximum Gasteiger partial charge on any atom is 0.318 e. The van der Waals surface area contributed by atoms with Gasteiger partial charge < -0.3 is 24.4 Å². The van der Waals surface area contributed by atoms with Gasteiger partial charge in [-0.15, -0.1) is 0 Å². The summed E-state index contributed by atoms with van der Waals surface area (Å²) in [5, 5.41) is 3.08. The number of urea groups is 1. The quantitative estimate of drug-likeness (QED) is 0.721. The topological polar surface area (TPSA) is 60.0 Å². The van der Waals surface area contributed by atoms with E-state index in [9.17, 15) is 4.79 Å². The van der Waals surface area contributed by atoms with Crippen molar-refractivity contribution in [1.82, 2.24) is 10.2 Å². The molecule has 1 heterocycles. The highest BCUT2D eigenvalue weighted by Gasteiger charge is 2.32. The lowest BCUT2D eigenvalue weighted by Crippen LogP contribution is -2.39. The Balaban J connectivity index is 1.70. The molecule has 1 fully saturated rings. The van der Waals surface area contributed by atoms with Crippen LogP contribution in [0.1, 0.15) is 42.5 Å². The summed E-state index contributed by atoms with van der Waals surface area (Å²) in [7, 11) is 3.28. The van der Waals surface area contributed by atoms with E-state index in [2.05, 4.69) is 5.32 Å². The van der Waals surface area contributed by atoms with E-state index in [1.54, 1.807) is 14.2 Å². The molecule has 0 aliphatic carbocycles. The number of likely N-dealkylation sites (tertiary alicyclic amines) is 1. The maximum absolute atomic E-state index is 13.0. The molecule has 2 aromatic rings. The maximum atomic E-state index is 13.0. The molecular weight excluding hydrogens is 368 g/mol. The number of amides is 2. The van der Waals surface area contributed by atoms with Crippen LogP contribution in [0.25, 0.3) is 0 Å². The summed E-state index contributed by atoms with van der Waals surface area (Å²) in [6.07, 6.45) is 1.88. The van der Waals surface area contributed by atoms with Gasteiger partial charge in [-0.2, -0.15) is 0 Å². The number of nitrogens with zero attached hydrogens (tertiary/aromatic N) is 1. The molecule has 1 aliphatic rings. The zero-order chi connectivity index (χ0) is 20.6. The van der Waals surface area contributed by atoms with Crippen molar-refractivity contribution in [3.8, 4) is 11.5 Å². The van der Waals surface area contributed by atoms with Gasteiger partial charge in [-0.25, -0.2) is 4.79 Å². The van der Waals surface area contributed by atoms with Crippen LogP contribution in [0.3, 0.4) is 0 Å². The van der Waals surface area contributed by atoms with Crippen LogP contribution in [0.15, 0.2) is 42.5 Å². The Morgan fingerprint density at radius 1 is 1.14 bits per heavy atom. The highest BCUT2D eigenvalue weighted by atomic mass is 16.5. The van der Waals surface area contributed by atoms with Crippen molar-refractivity contribution in [2.45, 2.75) is 39.0 Å². The molecule has 1 atom stereocenters. The van der Waals surface area contributed by atoms with Crippen molar-refractivity contribution in [2.75, 3.05) is 27.4 Å². The summed E-state index contributed by atoms with van der Waals surface area (Å²) in [4.78, 5) is 14.9. The first-order chi connectivity index (χ1) is 14.2. The third-order valence-electron chi connectivity index (χ3n) is 5.32. The summed E-state index contributed by atoms with van der Waals surface area (Å²) >= 11 is 0. The molecule has 1 aliphatic heterocycles. The standard InChI is InChI=1S/C23H30N2O4/c1-4-29-16-18-9-6-5-8-17(18)15-24-23(26)25-13-7-10-21(25)20-12-11-19(27-2)14-22(20)28-3/h5-6,8-9,11-12,14,21H,4,7,10,13,15-16H2,1-3H3,(H,24,26). The Morgan fingerprint density at radius 3 is 2.66 bits per heavy atom. The number of hydrogen-bond acceptors (Lipinski definition) is 4. The van der Waals surface area contributed by atoms with E-state index in [-0.39, 0.29) is 12.1 Å². The number of carbonyl (C=O) groups is 1. The number of nitrogens with one attached hydrogen (secondary N) is 1. The SMILES string of the molecule is CCOCc1ccccc1CNC(=O)N1CCCC1c1ccc(OC)cc1OC. The molecule has 0 saturated carbocycles. The molecule has 2 aromatic carbocycles. The number of carbonyl (C=O) groups excluding carboxylic acids is 1. The Hall–Kier alpha value is -2.73. The molecular formula is C23H30N2O4. The average molecular weight is 399 g/mol. The fourth-order valence-electron chi connectivity index (χ4n) is 3.78. The third-order valence-corrected chi connectivity index (χ3v) is 5.32. The number of benzene rings is 2. The second-order valence-electron chi connectivity index (χ2n) is 7.02. The van der Waals surface area contributed by atoms with Crippen LogP contribution in [0.4, 0.5) is 4.79 Å². The summed E-state index contributed by atoms with van der Waals surface area (Å²) in [5.74, 6) is 1.49. The van der Waals surface area contributed by atoms with E-state index < -0.39 is 0 Å². The minimum absolute atomic E-state index is 0.00507. The predicted molar refractivity (Wildman–Crippen MR) is 112 cm³/mol. The van der Waals surface area contributed by atoms with Crippen LogP contribution in [0.2, 0.25) is 0 Å². The zero-order valence-electron chi connectivity index (χ0n) is 17.4. The van der Waals surface area contributed by atoms with Gasteiger partial charge in [0.15, 0.2) is 0 Å². The van der Waals surface area contributed by atoms with E-state index in [0.29, 0.717) is 19.8 Å². The molecule has 1 unspecified atom stereocenters. The molecule has 6 heteroatoms. The van der Waals surface area contributed by atoms with Gasteiger partial charge in [0.25, 0.3) is 0 Å². The molecule has 2 amide bonds. The van der Waals surface area contributed by atoms with Gasteiger partial charge in [-0.3, -0.25) is 0 Å². The second-order valence-corrected chi connectivity index (χ2v) is 7.02. The molecule has 1 N–H and O–H groups in total. The lowest BCUT2D eigenvalue weighted by atomic mass is 10.0. The van der Waals surface area contributed by atoms with Crippen molar-refractivity contribution in [1.29, 1.82) is 0 Å². The second kappa shape index (κ2) is 10.2. The van der Waals surface area contributed by atoms with E-state index >= 15 is 0 Å². The fourth-order valence-corrected chi connectivity index (χ4v) is 3.78. The van der Waals surface area contributed by atoms with Gasteiger partial charge >= 0.3 is 6.03 Å². The Morgan fingerprint density at radius 2 is 1.93 bits per heavy atom. The molecule has 0 spiro atoms. The molecule has 1 saturated heterocycles. The van der Waals surface area contributed by atoms with Crippen LogP contribution in [-0.2, 0) is 17.9 Å². The van der Waals surface area contributed by atoms with Crippen LogP contribution >= 0.6 is 0 Å². The van der Waals surface area contributed by atoms with Crippen molar-refractivity contribution >= 4 is 6.03 Å². The predicted octanol–water partition coefficient (Wildman–Crippen LogP) is 4.29. The summed E-state index contributed by atoms with van der Waals surface area (Å²) in [6, 6.07) is 13.8. The third kappa shape index (κ3) is 5.01. The van der Waals surface area contributed by atoms with E-state index in [1.807, 2.05) is 54.3 Å². The van der Waals surface area contributed by atoms with E-state index in [1.165, 1.54) is 0 Å². The molecule has 3 rings (SSSR count). The van der Waals surface area contributed by atoms with Gasteiger partial charge in [-0.1, -0.05) is 24.3 Å². The monoisotopic (exact) mass is 398 g/mol. The molecule has 0 aromatic heterocycles. The smallest absolute Gasteiger partial charge is 0.318 e. The van der Waals surface area contributed by atoms with Gasteiger partial charge in [0.05, 0.1) is 26.9 Å². The summed E-state index contributed by atoms with van der Waals surface area (Å²) < 4.78 is 16.4. The Labute approximate surface area is 172 Å². The lowest BCUT2D eigenvalue weighted by molar-refractivity contribution is 0.133. The number of hydrogen-bond donors (Lipinski definition) is 1. The molecule has 29 heavy (non-hydrogen) atoms. The van der Waals surface area contributed by atoms with Crippen molar-refractivity contribution in [3.63, 3.8) is 0 Å². The Kier molecular flexibility index (Phi) is 7.36. The van der Waals surface area contributed by atoms with Gasteiger partial charge in [0, 0.05) is 31.3 Å². The number of ether oxygens (including phenoxy) is 3. The highest BCUT2D eigenvalue weighted by molar-refractivity contribution is 5.75. The van der Waals surface area contributed by atoms with Crippen LogP contribution in [-0.4, -0.2) is 38.3 Å². The van der Waals surface area contributed by atoms with E-state index in [0.717, 1.165) is 47.6 Å². The first-order valence-electron chi connectivity index (χ1n) is 10.1. The van der Waals surface area contributed by atoms with Gasteiger partial charge in [0.1, 0.15) is 11.5 Å². The lowest BCUT2D eigenvalue weighted by Gasteiger charge is -2.27. The molecule has 6 nitrogen and oxygen atoms in total. The Bertz CT molecular complexity index is 824. The first-order valence-corrected chi connectivity index (χ1v) is 10.1. The minimum Gasteiger partial charge on any atom is -0.497 e. The van der Waals surface area contributed by atoms with Crippen molar-refractivity contribution in [3.05, 3.63) is 59.2 Å². The highest BCUT2D eigenvalue weighted by Crippen LogP contribution is 2.38. The van der Waals surface area contributed by atoms with Gasteiger partial charge in [-0.05, 0) is 43.0 Å². The van der Waals surface area contributed by atoms with Gasteiger partial charge in [0.2, 0.25) is 0 Å². The molecule has 0 radical (unpaired) electrons. The normalized spacial score (nSPS) is 16.0. The largest absolute Gasteiger partial charge is 0.497 e. The van der Waals surface area contributed by atoms with Crippen LogP contribution < -0.4 is 14.8 Å². The number of methoxy groups -OCH3 is 2. The fraction of sp³-hybridized carbons (Fsp3) is 0.435. The van der Waals surface area contributed by atoms with Crippen LogP contribution in [0, 0.1) is 0 Å². The minimum atomic E-state index is -0.0587. The summed E-state index contributed by atoms with van der Waals surface area (Å²) in [5.41, 5.74) is 3.19. The van der Waals surface area contributed by atoms with Crippen molar-refractivity contribution < 1.29 is 19.0 Å².